The minimum absolute atomic E-state index is 0.0258. The van der Waals surface area contributed by atoms with Crippen LogP contribution < -0.4 is 11.3 Å². The molecule has 0 amide bonds. The van der Waals surface area contributed by atoms with Crippen LogP contribution in [0.2, 0.25) is 0 Å². The lowest BCUT2D eigenvalue weighted by molar-refractivity contribution is -0.0916. The molecule has 0 radical (unpaired) electrons. The Balaban J connectivity index is 2.00. The smallest absolute Gasteiger partial charge is 0.280 e. The maximum atomic E-state index is 11.8. The number of nitrogens with zero attached hydrogens (tertiary/aromatic N) is 3. The van der Waals surface area contributed by atoms with E-state index in [1.54, 1.807) is 4.57 Å². The van der Waals surface area contributed by atoms with Gasteiger partial charge in [-0.05, 0) is 0 Å². The van der Waals surface area contributed by atoms with Gasteiger partial charge in [-0.3, -0.25) is 9.78 Å². The summed E-state index contributed by atoms with van der Waals surface area (Å²) in [7, 11) is 1.44. The van der Waals surface area contributed by atoms with Gasteiger partial charge in [0.2, 0.25) is 5.95 Å². The normalized spacial score (nSPS) is 28.5. The number of aromatic nitrogens is 4. The van der Waals surface area contributed by atoms with Gasteiger partial charge in [-0.2, -0.15) is 4.98 Å². The minimum atomic E-state index is -1.07. The number of fused-ring (bicyclic) bond motifs is 1. The van der Waals surface area contributed by atoms with E-state index in [0.717, 1.165) is 0 Å². The van der Waals surface area contributed by atoms with Gasteiger partial charge in [0.1, 0.15) is 17.8 Å². The Morgan fingerprint density at radius 3 is 3.09 bits per heavy atom. The zero-order valence-electron chi connectivity index (χ0n) is 11.9. The highest BCUT2D eigenvalue weighted by Crippen LogP contribution is 2.30. The van der Waals surface area contributed by atoms with Crippen molar-refractivity contribution in [1.29, 1.82) is 0 Å². The number of nitrogens with one attached hydrogen (secondary N) is 1. The van der Waals surface area contributed by atoms with Crippen LogP contribution in [0.3, 0.4) is 0 Å². The molecule has 3 atom stereocenters. The molecule has 0 aliphatic carbocycles. The standard InChI is InChI=1S/C12H17N5O5/c1-21-12(4-22-6(2-18)8(12)19)3-17-5-14-7-9(17)15-11(13)16-10(7)20/h5-6,8,18-19H,2-4H2,1H3,(H3,13,15,16,20)/t6-,8?,12?/m1/s1. The molecule has 22 heavy (non-hydrogen) atoms. The highest BCUT2D eigenvalue weighted by Gasteiger charge is 2.50. The molecule has 3 rings (SSSR count). The fraction of sp³-hybridized carbons (Fsp3) is 0.583. The van der Waals surface area contributed by atoms with Crippen LogP contribution in [-0.4, -0.2) is 67.9 Å². The quantitative estimate of drug-likeness (QED) is 0.499. The Labute approximate surface area is 124 Å². The molecule has 10 heteroatoms. The van der Waals surface area contributed by atoms with E-state index < -0.39 is 23.4 Å². The number of hydrogen-bond donors (Lipinski definition) is 4. The Bertz CT molecular complexity index is 743. The number of rotatable bonds is 4. The van der Waals surface area contributed by atoms with Crippen LogP contribution in [0.15, 0.2) is 11.1 Å². The monoisotopic (exact) mass is 311 g/mol. The summed E-state index contributed by atoms with van der Waals surface area (Å²) in [6.07, 6.45) is -0.331. The van der Waals surface area contributed by atoms with Crippen molar-refractivity contribution in [2.75, 3.05) is 26.1 Å². The van der Waals surface area contributed by atoms with E-state index in [9.17, 15) is 15.0 Å². The summed E-state index contributed by atoms with van der Waals surface area (Å²) in [5.74, 6) is -0.0258. The van der Waals surface area contributed by atoms with E-state index in [4.69, 9.17) is 15.2 Å². The lowest BCUT2D eigenvalue weighted by Gasteiger charge is -2.30. The first-order valence-electron chi connectivity index (χ1n) is 6.67. The Morgan fingerprint density at radius 2 is 2.45 bits per heavy atom. The Kier molecular flexibility index (Phi) is 3.60. The topological polar surface area (TPSA) is 149 Å². The lowest BCUT2D eigenvalue weighted by Crippen LogP contribution is -2.49. The SMILES string of the molecule is COC1(Cn2cnc3c(=O)[nH]c(N)nc32)CO[C@H](CO)C1O. The summed E-state index contributed by atoms with van der Waals surface area (Å²) in [5, 5.41) is 19.5. The second-order valence-electron chi connectivity index (χ2n) is 5.24. The molecule has 0 saturated carbocycles. The number of nitrogens with two attached hydrogens (primary N) is 1. The molecule has 1 aliphatic heterocycles. The molecule has 1 saturated heterocycles. The second kappa shape index (κ2) is 5.32. The molecule has 2 aromatic heterocycles. The van der Waals surface area contributed by atoms with Gasteiger partial charge in [0.15, 0.2) is 11.2 Å². The fourth-order valence-electron chi connectivity index (χ4n) is 2.67. The van der Waals surface area contributed by atoms with Gasteiger partial charge in [-0.1, -0.05) is 0 Å². The largest absolute Gasteiger partial charge is 0.394 e. The molecule has 5 N–H and O–H groups in total. The van der Waals surface area contributed by atoms with Crippen LogP contribution >= 0.6 is 0 Å². The number of ether oxygens (including phenoxy) is 2. The summed E-state index contributed by atoms with van der Waals surface area (Å²) in [6.45, 7) is -0.0797. The van der Waals surface area contributed by atoms with Gasteiger partial charge in [0, 0.05) is 7.11 Å². The molecule has 0 bridgehead atoms. The van der Waals surface area contributed by atoms with Crippen LogP contribution in [-0.2, 0) is 16.0 Å². The van der Waals surface area contributed by atoms with Crippen molar-refractivity contribution in [3.05, 3.63) is 16.7 Å². The van der Waals surface area contributed by atoms with Crippen LogP contribution in [0, 0.1) is 0 Å². The molecule has 0 spiro atoms. The van der Waals surface area contributed by atoms with E-state index >= 15 is 0 Å². The first-order chi connectivity index (χ1) is 10.5. The molecule has 2 unspecified atom stereocenters. The van der Waals surface area contributed by atoms with Gasteiger partial charge >= 0.3 is 0 Å². The van der Waals surface area contributed by atoms with Crippen LogP contribution in [0.25, 0.3) is 11.2 Å². The van der Waals surface area contributed by atoms with Crippen LogP contribution in [0.5, 0.6) is 0 Å². The van der Waals surface area contributed by atoms with Gasteiger partial charge in [0.05, 0.1) is 26.1 Å². The Morgan fingerprint density at radius 1 is 1.68 bits per heavy atom. The first-order valence-corrected chi connectivity index (χ1v) is 6.67. The molecule has 3 heterocycles. The summed E-state index contributed by atoms with van der Waals surface area (Å²) < 4.78 is 12.4. The van der Waals surface area contributed by atoms with Crippen LogP contribution in [0.4, 0.5) is 5.95 Å². The average molecular weight is 311 g/mol. The molecular weight excluding hydrogens is 294 g/mol. The lowest BCUT2D eigenvalue weighted by atomic mass is 9.96. The number of imidazole rings is 1. The predicted octanol–water partition coefficient (Wildman–Crippen LogP) is -2.16. The van der Waals surface area contributed by atoms with E-state index in [0.29, 0.717) is 0 Å². The molecule has 120 valence electrons. The summed E-state index contributed by atoms with van der Waals surface area (Å²) in [4.78, 5) is 22.2. The zero-order chi connectivity index (χ0) is 15.9. The van der Waals surface area contributed by atoms with Crippen molar-refractivity contribution in [3.63, 3.8) is 0 Å². The molecule has 0 aromatic carbocycles. The summed E-state index contributed by atoms with van der Waals surface area (Å²) >= 11 is 0. The Hall–Kier alpha value is -2.01. The van der Waals surface area contributed by atoms with Gasteiger partial charge in [-0.15, -0.1) is 0 Å². The first kappa shape index (κ1) is 14.9. The number of aliphatic hydroxyl groups excluding tert-OH is 2. The number of aliphatic hydroxyl groups is 2. The number of methoxy groups -OCH3 is 1. The third-order valence-electron chi connectivity index (χ3n) is 3.95. The van der Waals surface area contributed by atoms with Crippen LogP contribution in [0.1, 0.15) is 0 Å². The molecular formula is C12H17N5O5. The number of aromatic amines is 1. The van der Waals surface area contributed by atoms with E-state index in [-0.39, 0.29) is 36.9 Å². The fourth-order valence-corrected chi connectivity index (χ4v) is 2.67. The van der Waals surface area contributed by atoms with Crippen molar-refractivity contribution < 1.29 is 19.7 Å². The molecule has 1 aliphatic rings. The average Bonchev–Trinajstić information content (AvgIpc) is 3.02. The van der Waals surface area contributed by atoms with Gasteiger partial charge < -0.3 is 30.0 Å². The number of hydrogen-bond acceptors (Lipinski definition) is 8. The van der Waals surface area contributed by atoms with Crippen molar-refractivity contribution >= 4 is 17.1 Å². The predicted molar refractivity (Wildman–Crippen MR) is 75.1 cm³/mol. The molecule has 10 nitrogen and oxygen atoms in total. The molecule has 2 aromatic rings. The third-order valence-corrected chi connectivity index (χ3v) is 3.95. The minimum Gasteiger partial charge on any atom is -0.394 e. The van der Waals surface area contributed by atoms with E-state index in [2.05, 4.69) is 15.0 Å². The van der Waals surface area contributed by atoms with E-state index in [1.165, 1.54) is 13.4 Å². The number of anilines is 1. The van der Waals surface area contributed by atoms with Crippen molar-refractivity contribution in [2.45, 2.75) is 24.4 Å². The maximum absolute atomic E-state index is 11.8. The van der Waals surface area contributed by atoms with Crippen molar-refractivity contribution in [2.24, 2.45) is 0 Å². The van der Waals surface area contributed by atoms with Crippen molar-refractivity contribution in [3.8, 4) is 0 Å². The maximum Gasteiger partial charge on any atom is 0.280 e. The van der Waals surface area contributed by atoms with E-state index in [1.807, 2.05) is 0 Å². The number of nitrogen functional groups attached to an aromatic ring is 1. The highest BCUT2D eigenvalue weighted by atomic mass is 16.6. The summed E-state index contributed by atoms with van der Waals surface area (Å²) in [6, 6.07) is 0. The van der Waals surface area contributed by atoms with Gasteiger partial charge in [0.25, 0.3) is 5.56 Å². The molecule has 1 fully saturated rings. The number of H-pyrrole nitrogens is 1. The second-order valence-corrected chi connectivity index (χ2v) is 5.24. The van der Waals surface area contributed by atoms with Gasteiger partial charge in [-0.25, -0.2) is 4.98 Å². The zero-order valence-corrected chi connectivity index (χ0v) is 11.9. The third kappa shape index (κ3) is 2.16. The van der Waals surface area contributed by atoms with Crippen molar-refractivity contribution in [1.82, 2.24) is 19.5 Å². The summed E-state index contributed by atoms with van der Waals surface area (Å²) in [5.41, 5.74) is 4.48. The highest BCUT2D eigenvalue weighted by molar-refractivity contribution is 5.70.